The number of nitrogens with zero attached hydrogens (tertiary/aromatic N) is 2. The lowest BCUT2D eigenvalue weighted by Gasteiger charge is -2.13. The van der Waals surface area contributed by atoms with E-state index in [1.54, 1.807) is 17.8 Å². The summed E-state index contributed by atoms with van der Waals surface area (Å²) >= 11 is 0. The van der Waals surface area contributed by atoms with E-state index in [2.05, 4.69) is 15.7 Å². The third-order valence-corrected chi connectivity index (χ3v) is 2.62. The molecule has 1 rings (SSSR count). The molecule has 0 radical (unpaired) electrons. The summed E-state index contributed by atoms with van der Waals surface area (Å²) in [6.07, 6.45) is 2.44. The zero-order valence-electron chi connectivity index (χ0n) is 11.6. The van der Waals surface area contributed by atoms with Crippen molar-refractivity contribution in [3.63, 3.8) is 0 Å². The molecule has 1 aromatic heterocycles. The molecule has 0 saturated carbocycles. The van der Waals surface area contributed by atoms with Gasteiger partial charge in [0, 0.05) is 19.3 Å². The zero-order chi connectivity index (χ0) is 14.4. The highest BCUT2D eigenvalue weighted by Gasteiger charge is 2.20. The Bertz CT molecular complexity index is 455. The van der Waals surface area contributed by atoms with Crippen LogP contribution in [0.2, 0.25) is 0 Å². The molecule has 0 bridgehead atoms. The van der Waals surface area contributed by atoms with E-state index in [0.717, 1.165) is 6.42 Å². The molecule has 4 N–H and O–H groups in total. The maximum atomic E-state index is 11.9. The van der Waals surface area contributed by atoms with Crippen molar-refractivity contribution in [2.45, 2.75) is 39.8 Å². The Hall–Kier alpha value is -2.05. The van der Waals surface area contributed by atoms with Crippen LogP contribution in [-0.4, -0.2) is 34.2 Å². The summed E-state index contributed by atoms with van der Waals surface area (Å²) in [5.41, 5.74) is 6.16. The molecule has 106 valence electrons. The van der Waals surface area contributed by atoms with Crippen molar-refractivity contribution in [3.05, 3.63) is 11.9 Å². The van der Waals surface area contributed by atoms with Gasteiger partial charge in [-0.3, -0.25) is 14.3 Å². The van der Waals surface area contributed by atoms with Crippen LogP contribution >= 0.6 is 0 Å². The summed E-state index contributed by atoms with van der Waals surface area (Å²) in [6.45, 7) is 6.70. The molecule has 1 aromatic rings. The summed E-state index contributed by atoms with van der Waals surface area (Å²) in [5, 5.41) is 9.34. The van der Waals surface area contributed by atoms with Crippen molar-refractivity contribution in [1.29, 1.82) is 0 Å². The molecule has 2 amide bonds. The Balaban J connectivity index is 2.63. The molecule has 0 aliphatic carbocycles. The Morgan fingerprint density at radius 1 is 1.47 bits per heavy atom. The fourth-order valence-corrected chi connectivity index (χ4v) is 1.51. The predicted octanol–water partition coefficient (Wildman–Crippen LogP) is 0.130. The van der Waals surface area contributed by atoms with Gasteiger partial charge in [-0.05, 0) is 20.3 Å². The topological polar surface area (TPSA) is 102 Å². The zero-order valence-corrected chi connectivity index (χ0v) is 11.6. The number of nitrogens with one attached hydrogen (secondary N) is 2. The van der Waals surface area contributed by atoms with Gasteiger partial charge in [0.05, 0.1) is 5.69 Å². The summed E-state index contributed by atoms with van der Waals surface area (Å²) in [4.78, 5) is 23.6. The van der Waals surface area contributed by atoms with Crippen molar-refractivity contribution >= 4 is 17.5 Å². The van der Waals surface area contributed by atoms with Crippen LogP contribution < -0.4 is 16.4 Å². The van der Waals surface area contributed by atoms with Gasteiger partial charge >= 0.3 is 0 Å². The third kappa shape index (κ3) is 3.97. The molecule has 7 nitrogen and oxygen atoms in total. The van der Waals surface area contributed by atoms with Gasteiger partial charge in [0.2, 0.25) is 5.91 Å². The fraction of sp³-hybridized carbons (Fsp3) is 0.583. The van der Waals surface area contributed by atoms with Gasteiger partial charge in [-0.25, -0.2) is 0 Å². The average Bonchev–Trinajstić information content (AvgIpc) is 2.77. The lowest BCUT2D eigenvalue weighted by atomic mass is 10.2. The molecule has 0 saturated heterocycles. The Morgan fingerprint density at radius 2 is 2.16 bits per heavy atom. The Kier molecular flexibility index (Phi) is 5.35. The van der Waals surface area contributed by atoms with Crippen LogP contribution in [0.15, 0.2) is 6.20 Å². The van der Waals surface area contributed by atoms with E-state index in [1.165, 1.54) is 0 Å². The number of aryl methyl sites for hydroxylation is 1. The first-order chi connectivity index (χ1) is 8.99. The molecule has 7 heteroatoms. The number of rotatable bonds is 6. The Labute approximate surface area is 112 Å². The minimum absolute atomic E-state index is 0.150. The van der Waals surface area contributed by atoms with E-state index >= 15 is 0 Å². The van der Waals surface area contributed by atoms with Gasteiger partial charge in [0.1, 0.15) is 6.04 Å². The average molecular weight is 267 g/mol. The number of carbonyl (C=O) groups is 2. The largest absolute Gasteiger partial charge is 0.396 e. The van der Waals surface area contributed by atoms with E-state index < -0.39 is 11.9 Å². The number of aromatic nitrogens is 2. The monoisotopic (exact) mass is 267 g/mol. The third-order valence-electron chi connectivity index (χ3n) is 2.62. The van der Waals surface area contributed by atoms with Crippen LogP contribution in [0.5, 0.6) is 0 Å². The molecule has 0 aromatic carbocycles. The van der Waals surface area contributed by atoms with Gasteiger partial charge in [-0.15, -0.1) is 0 Å². The number of carbonyl (C=O) groups excluding carboxylic acids is 2. The fourth-order valence-electron chi connectivity index (χ4n) is 1.51. The van der Waals surface area contributed by atoms with Crippen LogP contribution in [0, 0.1) is 0 Å². The van der Waals surface area contributed by atoms with Crippen molar-refractivity contribution in [2.75, 3.05) is 12.3 Å². The Morgan fingerprint density at radius 3 is 2.68 bits per heavy atom. The van der Waals surface area contributed by atoms with Crippen LogP contribution in [0.4, 0.5) is 5.69 Å². The molecule has 1 heterocycles. The molecule has 0 aliphatic rings. The van der Waals surface area contributed by atoms with Gasteiger partial charge in [0.25, 0.3) is 5.91 Å². The van der Waals surface area contributed by atoms with Crippen LogP contribution in [0.1, 0.15) is 37.7 Å². The molecular formula is C12H21N5O2. The SMILES string of the molecule is CCCNC(=O)C(C)NC(=O)c1nn(CC)cc1N. The second-order valence-corrected chi connectivity index (χ2v) is 4.27. The molecule has 19 heavy (non-hydrogen) atoms. The number of hydrogen-bond donors (Lipinski definition) is 3. The molecular weight excluding hydrogens is 246 g/mol. The quantitative estimate of drug-likeness (QED) is 0.681. The maximum Gasteiger partial charge on any atom is 0.274 e. The molecule has 0 aliphatic heterocycles. The van der Waals surface area contributed by atoms with E-state index in [9.17, 15) is 9.59 Å². The molecule has 1 atom stereocenters. The van der Waals surface area contributed by atoms with Gasteiger partial charge in [0.15, 0.2) is 5.69 Å². The highest BCUT2D eigenvalue weighted by Crippen LogP contribution is 2.08. The number of hydrogen-bond acceptors (Lipinski definition) is 4. The summed E-state index contributed by atoms with van der Waals surface area (Å²) in [6, 6.07) is -0.620. The number of anilines is 1. The first kappa shape index (κ1) is 15.0. The normalized spacial score (nSPS) is 11.9. The first-order valence-corrected chi connectivity index (χ1v) is 6.41. The number of nitrogens with two attached hydrogens (primary N) is 1. The van der Waals surface area contributed by atoms with Crippen LogP contribution in [0.25, 0.3) is 0 Å². The molecule has 1 unspecified atom stereocenters. The standard InChI is InChI=1S/C12H21N5O2/c1-4-6-14-11(18)8(3)15-12(19)10-9(13)7-17(5-2)16-10/h7-8H,4-6,13H2,1-3H3,(H,14,18)(H,15,19). The van der Waals surface area contributed by atoms with Gasteiger partial charge in [-0.2, -0.15) is 5.10 Å². The van der Waals surface area contributed by atoms with Crippen molar-refractivity contribution in [2.24, 2.45) is 0 Å². The number of nitrogen functional groups attached to an aromatic ring is 1. The van der Waals surface area contributed by atoms with E-state index in [0.29, 0.717) is 18.8 Å². The molecule has 0 spiro atoms. The van der Waals surface area contributed by atoms with Crippen molar-refractivity contribution in [1.82, 2.24) is 20.4 Å². The second-order valence-electron chi connectivity index (χ2n) is 4.27. The highest BCUT2D eigenvalue weighted by atomic mass is 16.2. The van der Waals surface area contributed by atoms with E-state index in [1.807, 2.05) is 13.8 Å². The highest BCUT2D eigenvalue weighted by molar-refractivity contribution is 5.99. The number of amides is 2. The summed E-state index contributed by atoms with van der Waals surface area (Å²) in [5.74, 6) is -0.660. The lowest BCUT2D eigenvalue weighted by Crippen LogP contribution is -2.45. The summed E-state index contributed by atoms with van der Waals surface area (Å²) < 4.78 is 1.58. The minimum Gasteiger partial charge on any atom is -0.396 e. The first-order valence-electron chi connectivity index (χ1n) is 6.41. The van der Waals surface area contributed by atoms with Gasteiger partial charge in [-0.1, -0.05) is 6.92 Å². The smallest absolute Gasteiger partial charge is 0.274 e. The van der Waals surface area contributed by atoms with E-state index in [4.69, 9.17) is 5.73 Å². The second kappa shape index (κ2) is 6.77. The van der Waals surface area contributed by atoms with Crippen LogP contribution in [-0.2, 0) is 11.3 Å². The minimum atomic E-state index is -0.620. The van der Waals surface area contributed by atoms with Crippen LogP contribution in [0.3, 0.4) is 0 Å². The summed E-state index contributed by atoms with van der Waals surface area (Å²) in [7, 11) is 0. The van der Waals surface area contributed by atoms with Crippen molar-refractivity contribution in [3.8, 4) is 0 Å². The predicted molar refractivity (Wildman–Crippen MR) is 72.5 cm³/mol. The maximum absolute atomic E-state index is 11.9. The van der Waals surface area contributed by atoms with E-state index in [-0.39, 0.29) is 11.6 Å². The lowest BCUT2D eigenvalue weighted by molar-refractivity contribution is -0.122. The van der Waals surface area contributed by atoms with Crippen molar-refractivity contribution < 1.29 is 9.59 Å². The molecule has 0 fully saturated rings. The van der Waals surface area contributed by atoms with Gasteiger partial charge < -0.3 is 16.4 Å².